The maximum atomic E-state index is 11.6. The second-order valence-electron chi connectivity index (χ2n) is 3.81. The Kier molecular flexibility index (Phi) is 2.68. The summed E-state index contributed by atoms with van der Waals surface area (Å²) in [6.07, 6.45) is 3.16. The molecule has 1 aliphatic rings. The van der Waals surface area contributed by atoms with Gasteiger partial charge in [0.1, 0.15) is 0 Å². The van der Waals surface area contributed by atoms with E-state index >= 15 is 0 Å². The van der Waals surface area contributed by atoms with Gasteiger partial charge < -0.3 is 5.32 Å². The van der Waals surface area contributed by atoms with E-state index in [4.69, 9.17) is 5.26 Å². The molecule has 1 amide bonds. The highest BCUT2D eigenvalue weighted by molar-refractivity contribution is 5.93. The summed E-state index contributed by atoms with van der Waals surface area (Å²) in [7, 11) is 0. The number of nitrogens with zero attached hydrogens (tertiary/aromatic N) is 1. The maximum absolute atomic E-state index is 11.6. The van der Waals surface area contributed by atoms with Gasteiger partial charge in [0.25, 0.3) is 0 Å². The van der Waals surface area contributed by atoms with E-state index in [1.807, 2.05) is 6.07 Å². The van der Waals surface area contributed by atoms with Crippen LogP contribution >= 0.6 is 0 Å². The molecule has 0 spiro atoms. The van der Waals surface area contributed by atoms with Crippen molar-refractivity contribution >= 4 is 11.6 Å². The SMILES string of the molecule is N#Cc1ccc(NC(=O)C2CCC2)cc1. The number of hydrogen-bond donors (Lipinski definition) is 1. The molecule has 0 radical (unpaired) electrons. The van der Waals surface area contributed by atoms with Crippen molar-refractivity contribution in [1.82, 2.24) is 0 Å². The second-order valence-corrected chi connectivity index (χ2v) is 3.81. The first-order valence-electron chi connectivity index (χ1n) is 5.10. The average Bonchev–Trinajstić information content (AvgIpc) is 2.16. The summed E-state index contributed by atoms with van der Waals surface area (Å²) in [4.78, 5) is 11.6. The van der Waals surface area contributed by atoms with E-state index in [9.17, 15) is 4.79 Å². The predicted octanol–water partition coefficient (Wildman–Crippen LogP) is 2.30. The van der Waals surface area contributed by atoms with Crippen molar-refractivity contribution in [2.45, 2.75) is 19.3 Å². The van der Waals surface area contributed by atoms with E-state index in [1.54, 1.807) is 24.3 Å². The fraction of sp³-hybridized carbons (Fsp3) is 0.333. The summed E-state index contributed by atoms with van der Waals surface area (Å²) >= 11 is 0. The third-order valence-electron chi connectivity index (χ3n) is 2.76. The van der Waals surface area contributed by atoms with Crippen LogP contribution in [0.4, 0.5) is 5.69 Å². The highest BCUT2D eigenvalue weighted by Crippen LogP contribution is 2.27. The normalized spacial score (nSPS) is 15.1. The van der Waals surface area contributed by atoms with Gasteiger partial charge in [-0.25, -0.2) is 0 Å². The summed E-state index contributed by atoms with van der Waals surface area (Å²) in [5, 5.41) is 11.5. The number of carbonyl (C=O) groups excluding carboxylic acids is 1. The standard InChI is InChI=1S/C12H12N2O/c13-8-9-4-6-11(7-5-9)14-12(15)10-2-1-3-10/h4-7,10H,1-3H2,(H,14,15). The number of rotatable bonds is 2. The van der Waals surface area contributed by atoms with Gasteiger partial charge in [0.15, 0.2) is 0 Å². The molecule has 76 valence electrons. The summed E-state index contributed by atoms with van der Waals surface area (Å²) in [6, 6.07) is 8.97. The first-order valence-corrected chi connectivity index (χ1v) is 5.10. The number of amides is 1. The van der Waals surface area contributed by atoms with Gasteiger partial charge in [-0.15, -0.1) is 0 Å². The maximum Gasteiger partial charge on any atom is 0.227 e. The lowest BCUT2D eigenvalue weighted by Crippen LogP contribution is -2.27. The minimum absolute atomic E-state index is 0.103. The van der Waals surface area contributed by atoms with Gasteiger partial charge in [0.05, 0.1) is 11.6 Å². The van der Waals surface area contributed by atoms with Crippen LogP contribution in [-0.2, 0) is 4.79 Å². The highest BCUT2D eigenvalue weighted by atomic mass is 16.1. The summed E-state index contributed by atoms with van der Waals surface area (Å²) in [6.45, 7) is 0. The van der Waals surface area contributed by atoms with Crippen LogP contribution in [0.5, 0.6) is 0 Å². The van der Waals surface area contributed by atoms with Gasteiger partial charge in [0.2, 0.25) is 5.91 Å². The quantitative estimate of drug-likeness (QED) is 0.796. The Morgan fingerprint density at radius 1 is 1.33 bits per heavy atom. The molecule has 0 aliphatic heterocycles. The lowest BCUT2D eigenvalue weighted by Gasteiger charge is -2.23. The van der Waals surface area contributed by atoms with Crippen molar-refractivity contribution in [3.63, 3.8) is 0 Å². The lowest BCUT2D eigenvalue weighted by molar-refractivity contribution is -0.122. The van der Waals surface area contributed by atoms with Crippen LogP contribution < -0.4 is 5.32 Å². The molecule has 1 aliphatic carbocycles. The van der Waals surface area contributed by atoms with E-state index in [0.29, 0.717) is 5.56 Å². The van der Waals surface area contributed by atoms with Crippen molar-refractivity contribution in [2.24, 2.45) is 5.92 Å². The first-order chi connectivity index (χ1) is 7.29. The van der Waals surface area contributed by atoms with Crippen LogP contribution in [0.25, 0.3) is 0 Å². The monoisotopic (exact) mass is 200 g/mol. The molecular formula is C12H12N2O. The van der Waals surface area contributed by atoms with Gasteiger partial charge in [-0.1, -0.05) is 6.42 Å². The number of anilines is 1. The smallest absolute Gasteiger partial charge is 0.227 e. The van der Waals surface area contributed by atoms with Crippen molar-refractivity contribution in [3.8, 4) is 6.07 Å². The molecule has 1 aromatic rings. The Bertz CT molecular complexity index is 399. The summed E-state index contributed by atoms with van der Waals surface area (Å²) in [5.41, 5.74) is 1.38. The molecule has 15 heavy (non-hydrogen) atoms. The average molecular weight is 200 g/mol. The van der Waals surface area contributed by atoms with E-state index < -0.39 is 0 Å². The predicted molar refractivity (Wildman–Crippen MR) is 57.1 cm³/mol. The Morgan fingerprint density at radius 3 is 2.47 bits per heavy atom. The van der Waals surface area contributed by atoms with Gasteiger partial charge >= 0.3 is 0 Å². The Balaban J connectivity index is 1.98. The zero-order valence-electron chi connectivity index (χ0n) is 8.36. The van der Waals surface area contributed by atoms with Crippen LogP contribution in [0.1, 0.15) is 24.8 Å². The lowest BCUT2D eigenvalue weighted by atomic mass is 9.85. The van der Waals surface area contributed by atoms with Gasteiger partial charge in [0, 0.05) is 11.6 Å². The molecule has 1 N–H and O–H groups in total. The molecule has 0 atom stereocenters. The van der Waals surface area contributed by atoms with Gasteiger partial charge in [-0.3, -0.25) is 4.79 Å². The van der Waals surface area contributed by atoms with E-state index in [0.717, 1.165) is 24.9 Å². The fourth-order valence-corrected chi connectivity index (χ4v) is 1.54. The number of nitriles is 1. The third kappa shape index (κ3) is 2.16. The zero-order chi connectivity index (χ0) is 10.7. The van der Waals surface area contributed by atoms with Crippen LogP contribution in [0.3, 0.4) is 0 Å². The molecule has 3 heteroatoms. The van der Waals surface area contributed by atoms with Crippen LogP contribution in [0, 0.1) is 17.2 Å². The topological polar surface area (TPSA) is 52.9 Å². The molecule has 0 bridgehead atoms. The highest BCUT2D eigenvalue weighted by Gasteiger charge is 2.24. The number of benzene rings is 1. The molecular weight excluding hydrogens is 188 g/mol. The summed E-state index contributed by atoms with van der Waals surface area (Å²) < 4.78 is 0. The Labute approximate surface area is 88.7 Å². The molecule has 0 aromatic heterocycles. The molecule has 1 aromatic carbocycles. The molecule has 3 nitrogen and oxygen atoms in total. The fourth-order valence-electron chi connectivity index (χ4n) is 1.54. The molecule has 0 unspecified atom stereocenters. The second kappa shape index (κ2) is 4.14. The largest absolute Gasteiger partial charge is 0.326 e. The van der Waals surface area contributed by atoms with E-state index in [2.05, 4.69) is 5.32 Å². The van der Waals surface area contributed by atoms with E-state index in [-0.39, 0.29) is 11.8 Å². The van der Waals surface area contributed by atoms with Gasteiger partial charge in [-0.2, -0.15) is 5.26 Å². The number of nitrogens with one attached hydrogen (secondary N) is 1. The first kappa shape index (κ1) is 9.72. The van der Waals surface area contributed by atoms with Crippen molar-refractivity contribution in [3.05, 3.63) is 29.8 Å². The van der Waals surface area contributed by atoms with Gasteiger partial charge in [-0.05, 0) is 37.1 Å². The molecule has 0 heterocycles. The Hall–Kier alpha value is -1.82. The zero-order valence-corrected chi connectivity index (χ0v) is 8.36. The number of carbonyl (C=O) groups is 1. The third-order valence-corrected chi connectivity index (χ3v) is 2.76. The van der Waals surface area contributed by atoms with E-state index in [1.165, 1.54) is 0 Å². The Morgan fingerprint density at radius 2 is 2.00 bits per heavy atom. The van der Waals surface area contributed by atoms with Crippen LogP contribution in [0.2, 0.25) is 0 Å². The minimum atomic E-state index is 0.103. The summed E-state index contributed by atoms with van der Waals surface area (Å²) in [5.74, 6) is 0.298. The van der Waals surface area contributed by atoms with Crippen molar-refractivity contribution < 1.29 is 4.79 Å². The van der Waals surface area contributed by atoms with Crippen molar-refractivity contribution in [2.75, 3.05) is 5.32 Å². The van der Waals surface area contributed by atoms with Crippen LogP contribution in [0.15, 0.2) is 24.3 Å². The minimum Gasteiger partial charge on any atom is -0.326 e. The van der Waals surface area contributed by atoms with Crippen molar-refractivity contribution in [1.29, 1.82) is 5.26 Å². The van der Waals surface area contributed by atoms with Crippen LogP contribution in [-0.4, -0.2) is 5.91 Å². The molecule has 0 saturated heterocycles. The molecule has 1 saturated carbocycles. The molecule has 2 rings (SSSR count). The number of hydrogen-bond acceptors (Lipinski definition) is 2. The molecule has 1 fully saturated rings.